The van der Waals surface area contributed by atoms with E-state index in [1.165, 1.54) is 7.11 Å². The average Bonchev–Trinajstić information content (AvgIpc) is 2.14. The summed E-state index contributed by atoms with van der Waals surface area (Å²) < 4.78 is 4.50. The van der Waals surface area contributed by atoms with Gasteiger partial charge in [-0.15, -0.1) is 11.6 Å². The van der Waals surface area contributed by atoms with Crippen LogP contribution in [-0.2, 0) is 9.53 Å². The van der Waals surface area contributed by atoms with Gasteiger partial charge >= 0.3 is 6.09 Å². The van der Waals surface area contributed by atoms with E-state index in [1.54, 1.807) is 0 Å². The fourth-order valence-corrected chi connectivity index (χ4v) is 1.17. The number of ketones is 1. The molecule has 0 bridgehead atoms. The summed E-state index contributed by atoms with van der Waals surface area (Å²) in [6.07, 6.45) is -0.306. The maximum Gasteiger partial charge on any atom is 0.407 e. The molecular formula is C10H18ClNO3. The maximum absolute atomic E-state index is 11.2. The average molecular weight is 236 g/mol. The monoisotopic (exact) mass is 235 g/mol. The van der Waals surface area contributed by atoms with Crippen LogP contribution in [0.15, 0.2) is 0 Å². The second kappa shape index (κ2) is 5.95. The molecule has 1 N–H and O–H groups in total. The molecule has 0 heterocycles. The van der Waals surface area contributed by atoms with Gasteiger partial charge in [-0.05, 0) is 5.41 Å². The topological polar surface area (TPSA) is 55.4 Å². The van der Waals surface area contributed by atoms with E-state index < -0.39 is 6.09 Å². The molecule has 0 aliphatic heterocycles. The van der Waals surface area contributed by atoms with Gasteiger partial charge in [-0.1, -0.05) is 20.8 Å². The van der Waals surface area contributed by atoms with Gasteiger partial charge in [0.05, 0.1) is 13.0 Å². The number of carbonyl (C=O) groups is 2. The van der Waals surface area contributed by atoms with E-state index in [0.29, 0.717) is 0 Å². The molecule has 0 radical (unpaired) electrons. The Hall–Kier alpha value is -0.770. The van der Waals surface area contributed by atoms with Crippen molar-refractivity contribution in [1.29, 1.82) is 0 Å². The van der Waals surface area contributed by atoms with Gasteiger partial charge in [0.1, 0.15) is 5.78 Å². The Labute approximate surface area is 95.3 Å². The number of rotatable bonds is 4. The Balaban J connectivity index is 4.46. The number of Topliss-reactive ketones (excluding diaryl/α,β-unsaturated/α-hetero) is 1. The Morgan fingerprint density at radius 3 is 2.27 bits per heavy atom. The molecule has 1 unspecified atom stereocenters. The number of nitrogens with one attached hydrogen (secondary N) is 1. The molecule has 0 saturated carbocycles. The summed E-state index contributed by atoms with van der Waals surface area (Å²) in [7, 11) is 1.29. The summed E-state index contributed by atoms with van der Waals surface area (Å²) in [5, 5.41) is 2.63. The maximum atomic E-state index is 11.2. The largest absolute Gasteiger partial charge is 0.453 e. The molecule has 0 spiro atoms. The molecule has 0 saturated heterocycles. The quantitative estimate of drug-likeness (QED) is 0.758. The van der Waals surface area contributed by atoms with Gasteiger partial charge in [0.25, 0.3) is 0 Å². The standard InChI is InChI=1S/C10H18ClNO3/c1-10(2,3)8(5-7(13)6-11)12-9(14)15-4/h8H,5-6H2,1-4H3,(H,12,14). The van der Waals surface area contributed by atoms with Crippen molar-refractivity contribution in [2.75, 3.05) is 13.0 Å². The van der Waals surface area contributed by atoms with Gasteiger partial charge in [-0.25, -0.2) is 4.79 Å². The molecule has 0 fully saturated rings. The summed E-state index contributed by atoms with van der Waals surface area (Å²) in [4.78, 5) is 22.3. The molecule has 0 aromatic carbocycles. The van der Waals surface area contributed by atoms with Crippen LogP contribution >= 0.6 is 11.6 Å². The molecule has 1 amide bonds. The van der Waals surface area contributed by atoms with Crippen molar-refractivity contribution in [1.82, 2.24) is 5.32 Å². The number of alkyl carbamates (subject to hydrolysis) is 1. The third-order valence-electron chi connectivity index (χ3n) is 2.10. The third kappa shape index (κ3) is 5.62. The highest BCUT2D eigenvalue weighted by Gasteiger charge is 2.28. The highest BCUT2D eigenvalue weighted by atomic mass is 35.5. The SMILES string of the molecule is COC(=O)NC(CC(=O)CCl)C(C)(C)C. The number of ether oxygens (including phenoxy) is 1. The summed E-state index contributed by atoms with van der Waals surface area (Å²) in [6, 6.07) is -0.267. The number of carbonyl (C=O) groups excluding carboxylic acids is 2. The molecular weight excluding hydrogens is 218 g/mol. The molecule has 1 atom stereocenters. The van der Waals surface area contributed by atoms with Crippen molar-refractivity contribution in [3.63, 3.8) is 0 Å². The molecule has 5 heteroatoms. The molecule has 0 aliphatic rings. The van der Waals surface area contributed by atoms with E-state index in [2.05, 4.69) is 10.1 Å². The van der Waals surface area contributed by atoms with Crippen LogP contribution in [0.3, 0.4) is 0 Å². The molecule has 0 aromatic heterocycles. The van der Waals surface area contributed by atoms with Crippen molar-refractivity contribution in [2.45, 2.75) is 33.2 Å². The highest BCUT2D eigenvalue weighted by molar-refractivity contribution is 6.27. The zero-order valence-electron chi connectivity index (χ0n) is 9.59. The Morgan fingerprint density at radius 2 is 1.93 bits per heavy atom. The smallest absolute Gasteiger partial charge is 0.407 e. The predicted octanol–water partition coefficient (Wildman–Crippen LogP) is 1.96. The van der Waals surface area contributed by atoms with Crippen LogP contribution in [0.1, 0.15) is 27.2 Å². The lowest BCUT2D eigenvalue weighted by atomic mass is 9.84. The fraction of sp³-hybridized carbons (Fsp3) is 0.800. The van der Waals surface area contributed by atoms with E-state index in [1.807, 2.05) is 20.8 Å². The number of hydrogen-bond donors (Lipinski definition) is 1. The van der Waals surface area contributed by atoms with Crippen molar-refractivity contribution < 1.29 is 14.3 Å². The summed E-state index contributed by atoms with van der Waals surface area (Å²) in [5.74, 6) is -0.122. The zero-order valence-corrected chi connectivity index (χ0v) is 10.4. The first kappa shape index (κ1) is 14.2. The van der Waals surface area contributed by atoms with Crippen LogP contribution in [0.25, 0.3) is 0 Å². The van der Waals surface area contributed by atoms with Crippen LogP contribution < -0.4 is 5.32 Å². The minimum Gasteiger partial charge on any atom is -0.453 e. The van der Waals surface area contributed by atoms with Crippen LogP contribution in [-0.4, -0.2) is 30.9 Å². The van der Waals surface area contributed by atoms with E-state index in [-0.39, 0.29) is 29.5 Å². The highest BCUT2D eigenvalue weighted by Crippen LogP contribution is 2.22. The number of amides is 1. The minimum atomic E-state index is -0.530. The van der Waals surface area contributed by atoms with Crippen molar-refractivity contribution in [3.05, 3.63) is 0 Å². The van der Waals surface area contributed by atoms with Gasteiger partial charge in [0, 0.05) is 12.5 Å². The number of methoxy groups -OCH3 is 1. The van der Waals surface area contributed by atoms with Crippen molar-refractivity contribution in [2.24, 2.45) is 5.41 Å². The normalized spacial score (nSPS) is 13.1. The lowest BCUT2D eigenvalue weighted by molar-refractivity contribution is -0.117. The van der Waals surface area contributed by atoms with Gasteiger partial charge in [-0.2, -0.15) is 0 Å². The predicted molar refractivity (Wildman–Crippen MR) is 59.1 cm³/mol. The van der Waals surface area contributed by atoms with Crippen LogP contribution in [0.4, 0.5) is 4.79 Å². The third-order valence-corrected chi connectivity index (χ3v) is 2.40. The van der Waals surface area contributed by atoms with Gasteiger partial charge in [0.2, 0.25) is 0 Å². The molecule has 0 rings (SSSR count). The fourth-order valence-electron chi connectivity index (χ4n) is 1.06. The summed E-state index contributed by atoms with van der Waals surface area (Å²) in [6.45, 7) is 5.82. The number of halogens is 1. The lowest BCUT2D eigenvalue weighted by Gasteiger charge is -2.30. The van der Waals surface area contributed by atoms with Crippen LogP contribution in [0, 0.1) is 5.41 Å². The second-order valence-electron chi connectivity index (χ2n) is 4.43. The Morgan fingerprint density at radius 1 is 1.40 bits per heavy atom. The van der Waals surface area contributed by atoms with Crippen LogP contribution in [0.5, 0.6) is 0 Å². The van der Waals surface area contributed by atoms with E-state index in [4.69, 9.17) is 11.6 Å². The Kier molecular flexibility index (Phi) is 5.65. The van der Waals surface area contributed by atoms with E-state index >= 15 is 0 Å². The van der Waals surface area contributed by atoms with Crippen molar-refractivity contribution in [3.8, 4) is 0 Å². The molecule has 88 valence electrons. The van der Waals surface area contributed by atoms with Gasteiger partial charge in [-0.3, -0.25) is 4.79 Å². The lowest BCUT2D eigenvalue weighted by Crippen LogP contribution is -2.45. The number of alkyl halides is 1. The molecule has 4 nitrogen and oxygen atoms in total. The zero-order chi connectivity index (χ0) is 12.1. The second-order valence-corrected chi connectivity index (χ2v) is 4.70. The summed E-state index contributed by atoms with van der Waals surface area (Å²) in [5.41, 5.74) is -0.212. The number of hydrogen-bond acceptors (Lipinski definition) is 3. The van der Waals surface area contributed by atoms with Crippen LogP contribution in [0.2, 0.25) is 0 Å². The van der Waals surface area contributed by atoms with E-state index in [0.717, 1.165) is 0 Å². The minimum absolute atomic E-state index is 0.0323. The molecule has 0 aromatic rings. The first-order chi connectivity index (χ1) is 6.81. The Bertz CT molecular complexity index is 217. The summed E-state index contributed by atoms with van der Waals surface area (Å²) >= 11 is 5.42. The first-order valence-electron chi connectivity index (χ1n) is 4.73. The van der Waals surface area contributed by atoms with Gasteiger partial charge in [0.15, 0.2) is 0 Å². The molecule has 0 aliphatic carbocycles. The van der Waals surface area contributed by atoms with Crippen molar-refractivity contribution >= 4 is 23.5 Å². The van der Waals surface area contributed by atoms with E-state index in [9.17, 15) is 9.59 Å². The first-order valence-corrected chi connectivity index (χ1v) is 5.27. The molecule has 15 heavy (non-hydrogen) atoms. The van der Waals surface area contributed by atoms with Gasteiger partial charge < -0.3 is 10.1 Å².